The summed E-state index contributed by atoms with van der Waals surface area (Å²) in [6.07, 6.45) is 3.31. The quantitative estimate of drug-likeness (QED) is 0.643. The molecule has 0 unspecified atom stereocenters. The van der Waals surface area contributed by atoms with E-state index in [1.165, 1.54) is 18.0 Å². The van der Waals surface area contributed by atoms with Gasteiger partial charge >= 0.3 is 0 Å². The standard InChI is InChI=1S/C14H14ClN3OS/c1-18(9-10-6-4-3-5-7-10)13(19)12-11(15)8-16-14(17-12)20-2/h3-8H,9H2,1-2H3. The van der Waals surface area contributed by atoms with E-state index in [1.54, 1.807) is 11.9 Å². The molecule has 0 fully saturated rings. The molecule has 0 aliphatic heterocycles. The highest BCUT2D eigenvalue weighted by molar-refractivity contribution is 7.98. The van der Waals surface area contributed by atoms with Crippen molar-refractivity contribution in [1.29, 1.82) is 0 Å². The molecule has 1 aromatic carbocycles. The van der Waals surface area contributed by atoms with Gasteiger partial charge in [0.05, 0.1) is 11.2 Å². The van der Waals surface area contributed by atoms with E-state index >= 15 is 0 Å². The van der Waals surface area contributed by atoms with Crippen LogP contribution in [0.25, 0.3) is 0 Å². The van der Waals surface area contributed by atoms with E-state index in [2.05, 4.69) is 9.97 Å². The summed E-state index contributed by atoms with van der Waals surface area (Å²) < 4.78 is 0. The zero-order chi connectivity index (χ0) is 14.5. The third kappa shape index (κ3) is 3.49. The fourth-order valence-electron chi connectivity index (χ4n) is 1.71. The number of hydrogen-bond acceptors (Lipinski definition) is 4. The first-order valence-electron chi connectivity index (χ1n) is 5.97. The Morgan fingerprint density at radius 1 is 1.35 bits per heavy atom. The SMILES string of the molecule is CSc1ncc(Cl)c(C(=O)N(C)Cc2ccccc2)n1. The third-order valence-corrected chi connectivity index (χ3v) is 3.55. The van der Waals surface area contributed by atoms with E-state index in [0.29, 0.717) is 11.7 Å². The molecule has 1 heterocycles. The number of carbonyl (C=O) groups excluding carboxylic acids is 1. The van der Waals surface area contributed by atoms with Crippen LogP contribution in [0.3, 0.4) is 0 Å². The minimum Gasteiger partial charge on any atom is -0.336 e. The summed E-state index contributed by atoms with van der Waals surface area (Å²) in [5.41, 5.74) is 1.29. The van der Waals surface area contributed by atoms with Crippen LogP contribution in [0.1, 0.15) is 16.1 Å². The Morgan fingerprint density at radius 3 is 2.70 bits per heavy atom. The molecule has 0 saturated carbocycles. The van der Waals surface area contributed by atoms with Crippen LogP contribution < -0.4 is 0 Å². The van der Waals surface area contributed by atoms with E-state index in [9.17, 15) is 4.79 Å². The second-order valence-electron chi connectivity index (χ2n) is 4.20. The largest absolute Gasteiger partial charge is 0.336 e. The molecular formula is C14H14ClN3OS. The van der Waals surface area contributed by atoms with Crippen LogP contribution in [-0.4, -0.2) is 34.1 Å². The Kier molecular flexibility index (Phi) is 4.98. The summed E-state index contributed by atoms with van der Waals surface area (Å²) in [4.78, 5) is 22.2. The number of rotatable bonds is 4. The molecule has 0 saturated heterocycles. The minimum absolute atomic E-state index is 0.212. The zero-order valence-electron chi connectivity index (χ0n) is 11.2. The van der Waals surface area contributed by atoms with Gasteiger partial charge in [-0.25, -0.2) is 9.97 Å². The number of benzene rings is 1. The summed E-state index contributed by atoms with van der Waals surface area (Å²) in [5.74, 6) is -0.212. The first kappa shape index (κ1) is 14.8. The van der Waals surface area contributed by atoms with E-state index in [1.807, 2.05) is 36.6 Å². The molecule has 0 spiro atoms. The molecule has 6 heteroatoms. The van der Waals surface area contributed by atoms with Gasteiger partial charge in [0.2, 0.25) is 0 Å². The topological polar surface area (TPSA) is 46.1 Å². The van der Waals surface area contributed by atoms with Gasteiger partial charge in [-0.1, -0.05) is 53.7 Å². The maximum Gasteiger partial charge on any atom is 0.274 e. The normalized spacial score (nSPS) is 10.3. The molecule has 0 radical (unpaired) electrons. The van der Waals surface area contributed by atoms with E-state index < -0.39 is 0 Å². The first-order chi connectivity index (χ1) is 9.61. The van der Waals surface area contributed by atoms with Gasteiger partial charge in [0.1, 0.15) is 0 Å². The van der Waals surface area contributed by atoms with Gasteiger partial charge in [-0.2, -0.15) is 0 Å². The fraction of sp³-hybridized carbons (Fsp3) is 0.214. The van der Waals surface area contributed by atoms with E-state index in [-0.39, 0.29) is 16.6 Å². The Labute approximate surface area is 127 Å². The van der Waals surface area contributed by atoms with Crippen molar-refractivity contribution >= 4 is 29.3 Å². The lowest BCUT2D eigenvalue weighted by molar-refractivity contribution is 0.0778. The number of halogens is 1. The molecule has 1 aromatic heterocycles. The predicted octanol–water partition coefficient (Wildman–Crippen LogP) is 3.12. The number of thioether (sulfide) groups is 1. The Balaban J connectivity index is 2.18. The molecular weight excluding hydrogens is 294 g/mol. The van der Waals surface area contributed by atoms with Gasteiger partial charge in [0.15, 0.2) is 10.9 Å². The molecule has 2 aromatic rings. The van der Waals surface area contributed by atoms with E-state index in [4.69, 9.17) is 11.6 Å². The average molecular weight is 308 g/mol. The Morgan fingerprint density at radius 2 is 2.05 bits per heavy atom. The van der Waals surface area contributed by atoms with Crippen molar-refractivity contribution < 1.29 is 4.79 Å². The van der Waals surface area contributed by atoms with Crippen LogP contribution in [0.15, 0.2) is 41.7 Å². The van der Waals surface area contributed by atoms with Crippen molar-refractivity contribution in [2.45, 2.75) is 11.7 Å². The van der Waals surface area contributed by atoms with Gasteiger partial charge in [-0.3, -0.25) is 4.79 Å². The lowest BCUT2D eigenvalue weighted by atomic mass is 10.2. The van der Waals surface area contributed by atoms with Crippen molar-refractivity contribution in [3.8, 4) is 0 Å². The molecule has 0 aliphatic rings. The van der Waals surface area contributed by atoms with Crippen LogP contribution in [0.2, 0.25) is 5.02 Å². The lowest BCUT2D eigenvalue weighted by Gasteiger charge is -2.17. The van der Waals surface area contributed by atoms with Gasteiger partial charge in [0.25, 0.3) is 5.91 Å². The van der Waals surface area contributed by atoms with Gasteiger partial charge in [-0.05, 0) is 11.8 Å². The molecule has 0 N–H and O–H groups in total. The summed E-state index contributed by atoms with van der Waals surface area (Å²) in [7, 11) is 1.73. The number of amides is 1. The Bertz CT molecular complexity index is 607. The highest BCUT2D eigenvalue weighted by Crippen LogP contribution is 2.18. The highest BCUT2D eigenvalue weighted by Gasteiger charge is 2.18. The molecule has 0 bridgehead atoms. The molecule has 4 nitrogen and oxygen atoms in total. The lowest BCUT2D eigenvalue weighted by Crippen LogP contribution is -2.27. The summed E-state index contributed by atoms with van der Waals surface area (Å²) in [5, 5.41) is 0.804. The van der Waals surface area contributed by atoms with Crippen LogP contribution in [0.4, 0.5) is 0 Å². The number of hydrogen-bond donors (Lipinski definition) is 0. The van der Waals surface area contributed by atoms with Crippen molar-refractivity contribution in [3.05, 3.63) is 52.8 Å². The number of aromatic nitrogens is 2. The molecule has 20 heavy (non-hydrogen) atoms. The third-order valence-electron chi connectivity index (χ3n) is 2.72. The average Bonchev–Trinajstić information content (AvgIpc) is 2.48. The van der Waals surface area contributed by atoms with Crippen molar-refractivity contribution in [2.75, 3.05) is 13.3 Å². The van der Waals surface area contributed by atoms with Crippen LogP contribution in [-0.2, 0) is 6.54 Å². The number of carbonyl (C=O) groups is 1. The van der Waals surface area contributed by atoms with Crippen LogP contribution in [0, 0.1) is 0 Å². The second kappa shape index (κ2) is 6.72. The number of nitrogens with zero attached hydrogens (tertiary/aromatic N) is 3. The Hall–Kier alpha value is -1.59. The van der Waals surface area contributed by atoms with Crippen molar-refractivity contribution in [1.82, 2.24) is 14.9 Å². The molecule has 1 amide bonds. The maximum absolute atomic E-state index is 12.4. The molecule has 2 rings (SSSR count). The highest BCUT2D eigenvalue weighted by atomic mass is 35.5. The fourth-order valence-corrected chi connectivity index (χ4v) is 2.22. The predicted molar refractivity (Wildman–Crippen MR) is 81.1 cm³/mol. The molecule has 0 atom stereocenters. The zero-order valence-corrected chi connectivity index (χ0v) is 12.8. The second-order valence-corrected chi connectivity index (χ2v) is 5.38. The summed E-state index contributed by atoms with van der Waals surface area (Å²) in [6, 6.07) is 9.77. The van der Waals surface area contributed by atoms with Crippen molar-refractivity contribution in [3.63, 3.8) is 0 Å². The molecule has 104 valence electrons. The summed E-state index contributed by atoms with van der Waals surface area (Å²) in [6.45, 7) is 0.509. The maximum atomic E-state index is 12.4. The molecule has 0 aliphatic carbocycles. The van der Waals surface area contributed by atoms with Gasteiger partial charge in [-0.15, -0.1) is 0 Å². The van der Waals surface area contributed by atoms with Crippen LogP contribution >= 0.6 is 23.4 Å². The smallest absolute Gasteiger partial charge is 0.274 e. The van der Waals surface area contributed by atoms with Crippen molar-refractivity contribution in [2.24, 2.45) is 0 Å². The minimum atomic E-state index is -0.212. The first-order valence-corrected chi connectivity index (χ1v) is 7.58. The van der Waals surface area contributed by atoms with E-state index in [0.717, 1.165) is 5.56 Å². The summed E-state index contributed by atoms with van der Waals surface area (Å²) >= 11 is 7.39. The van der Waals surface area contributed by atoms with Gasteiger partial charge < -0.3 is 4.90 Å². The van der Waals surface area contributed by atoms with Gasteiger partial charge in [0, 0.05) is 13.6 Å². The van der Waals surface area contributed by atoms with Crippen LogP contribution in [0.5, 0.6) is 0 Å². The monoisotopic (exact) mass is 307 g/mol.